The van der Waals surface area contributed by atoms with Crippen LogP contribution in [-0.2, 0) is 9.53 Å². The highest BCUT2D eigenvalue weighted by Crippen LogP contribution is 2.40. The Labute approximate surface area is 163 Å². The van der Waals surface area contributed by atoms with Gasteiger partial charge in [0.05, 0.1) is 22.8 Å². The Kier molecular flexibility index (Phi) is 8.30. The van der Waals surface area contributed by atoms with E-state index >= 15 is 0 Å². The molecule has 0 radical (unpaired) electrons. The zero-order valence-electron chi connectivity index (χ0n) is 15.3. The maximum absolute atomic E-state index is 12.1. The average molecular weight is 407 g/mol. The standard InChI is InChI=1S/C16H22Cl2N2O3.CH2O2/c1-16(2,3)23-15(21)20-9-7-19(8-10-20)14-12(22-4)6-5-11(17)13(14)18;2-1-3/h5-6H,7-10H2,1-4H3;1H,(H,2,3). The number of methoxy groups -OCH3 is 1. The molecule has 1 saturated heterocycles. The van der Waals surface area contributed by atoms with Gasteiger partial charge in [-0.1, -0.05) is 23.2 Å². The van der Waals surface area contributed by atoms with Crippen molar-refractivity contribution in [2.75, 3.05) is 38.2 Å². The van der Waals surface area contributed by atoms with Crippen molar-refractivity contribution >= 4 is 41.5 Å². The van der Waals surface area contributed by atoms with Crippen molar-refractivity contribution in [3.8, 4) is 5.75 Å². The highest BCUT2D eigenvalue weighted by atomic mass is 35.5. The van der Waals surface area contributed by atoms with E-state index in [-0.39, 0.29) is 12.6 Å². The van der Waals surface area contributed by atoms with E-state index in [9.17, 15) is 4.79 Å². The molecular weight excluding hydrogens is 383 g/mol. The lowest BCUT2D eigenvalue weighted by Gasteiger charge is -2.37. The first-order valence-corrected chi connectivity index (χ1v) is 8.73. The van der Waals surface area contributed by atoms with Crippen LogP contribution in [0.4, 0.5) is 10.5 Å². The summed E-state index contributed by atoms with van der Waals surface area (Å²) in [5.74, 6) is 0.671. The quantitative estimate of drug-likeness (QED) is 0.753. The lowest BCUT2D eigenvalue weighted by Crippen LogP contribution is -2.50. The van der Waals surface area contributed by atoms with E-state index in [2.05, 4.69) is 4.90 Å². The van der Waals surface area contributed by atoms with Crippen molar-refractivity contribution in [2.24, 2.45) is 0 Å². The second kappa shape index (κ2) is 9.73. The zero-order valence-corrected chi connectivity index (χ0v) is 16.8. The van der Waals surface area contributed by atoms with E-state index in [1.807, 2.05) is 20.8 Å². The Bertz CT molecular complexity index is 626. The number of carbonyl (C=O) groups is 2. The molecule has 9 heteroatoms. The lowest BCUT2D eigenvalue weighted by molar-refractivity contribution is -0.122. The molecule has 0 unspecified atom stereocenters. The van der Waals surface area contributed by atoms with Gasteiger partial charge in [-0.15, -0.1) is 0 Å². The number of nitrogens with zero attached hydrogens (tertiary/aromatic N) is 2. The predicted octanol–water partition coefficient (Wildman–Crippen LogP) is 3.76. The minimum Gasteiger partial charge on any atom is -0.495 e. The average Bonchev–Trinajstić information content (AvgIpc) is 2.56. The summed E-state index contributed by atoms with van der Waals surface area (Å²) < 4.78 is 10.8. The SMILES string of the molecule is COc1ccc(Cl)c(Cl)c1N1CCN(C(=O)OC(C)(C)C)CC1.O=CO. The number of halogens is 2. The summed E-state index contributed by atoms with van der Waals surface area (Å²) in [5, 5.41) is 7.84. The number of anilines is 1. The van der Waals surface area contributed by atoms with Crippen molar-refractivity contribution in [1.29, 1.82) is 0 Å². The van der Waals surface area contributed by atoms with Crippen LogP contribution in [0.5, 0.6) is 5.75 Å². The monoisotopic (exact) mass is 406 g/mol. The second-order valence-electron chi connectivity index (χ2n) is 6.47. The molecule has 1 heterocycles. The molecular formula is C17H24Cl2N2O5. The number of carboxylic acid groups (broad SMARTS) is 1. The van der Waals surface area contributed by atoms with Gasteiger partial charge in [-0.05, 0) is 32.9 Å². The fraction of sp³-hybridized carbons (Fsp3) is 0.529. The highest BCUT2D eigenvalue weighted by molar-refractivity contribution is 6.44. The first-order chi connectivity index (χ1) is 12.1. The summed E-state index contributed by atoms with van der Waals surface area (Å²) in [4.78, 5) is 24.3. The third kappa shape index (κ3) is 6.14. The lowest BCUT2D eigenvalue weighted by atomic mass is 10.2. The van der Waals surface area contributed by atoms with Gasteiger partial charge in [-0.3, -0.25) is 4.79 Å². The Morgan fingerprint density at radius 2 is 1.73 bits per heavy atom. The maximum Gasteiger partial charge on any atom is 0.410 e. The Hall–Kier alpha value is -1.86. The number of rotatable bonds is 2. The van der Waals surface area contributed by atoms with Crippen LogP contribution >= 0.6 is 23.2 Å². The zero-order chi connectivity index (χ0) is 19.9. The summed E-state index contributed by atoms with van der Waals surface area (Å²) in [6, 6.07) is 3.51. The molecule has 1 aliphatic rings. The molecule has 0 spiro atoms. The number of benzene rings is 1. The molecule has 2 rings (SSSR count). The van der Waals surface area contributed by atoms with Crippen LogP contribution in [0.3, 0.4) is 0 Å². The van der Waals surface area contributed by atoms with Crippen LogP contribution in [0.15, 0.2) is 12.1 Å². The number of ether oxygens (including phenoxy) is 2. The molecule has 1 aromatic carbocycles. The van der Waals surface area contributed by atoms with Crippen LogP contribution in [0.25, 0.3) is 0 Å². The van der Waals surface area contributed by atoms with Gasteiger partial charge >= 0.3 is 6.09 Å². The van der Waals surface area contributed by atoms with Crippen LogP contribution in [0.1, 0.15) is 20.8 Å². The van der Waals surface area contributed by atoms with Crippen molar-refractivity contribution in [3.63, 3.8) is 0 Å². The van der Waals surface area contributed by atoms with Gasteiger partial charge in [0.2, 0.25) is 0 Å². The van der Waals surface area contributed by atoms with E-state index in [0.717, 1.165) is 5.69 Å². The normalized spacial score (nSPS) is 14.2. The number of piperazine rings is 1. The van der Waals surface area contributed by atoms with Crippen LogP contribution in [-0.4, -0.2) is 61.5 Å². The van der Waals surface area contributed by atoms with Gasteiger partial charge < -0.3 is 24.4 Å². The second-order valence-corrected chi connectivity index (χ2v) is 7.26. The Morgan fingerprint density at radius 1 is 1.19 bits per heavy atom. The molecule has 0 aromatic heterocycles. The molecule has 0 atom stereocenters. The smallest absolute Gasteiger partial charge is 0.410 e. The van der Waals surface area contributed by atoms with Gasteiger partial charge in [0.25, 0.3) is 6.47 Å². The number of hydrogen-bond acceptors (Lipinski definition) is 5. The van der Waals surface area contributed by atoms with E-state index in [4.69, 9.17) is 42.6 Å². The van der Waals surface area contributed by atoms with E-state index in [1.54, 1.807) is 24.1 Å². The minimum absolute atomic E-state index is 0.250. The Balaban J connectivity index is 0.00000105. The summed E-state index contributed by atoms with van der Waals surface area (Å²) in [6.07, 6.45) is -0.290. The predicted molar refractivity (Wildman–Crippen MR) is 102 cm³/mol. The third-order valence-electron chi connectivity index (χ3n) is 3.50. The molecule has 1 aromatic rings. The topological polar surface area (TPSA) is 79.3 Å². The number of carbonyl (C=O) groups excluding carboxylic acids is 1. The van der Waals surface area contributed by atoms with E-state index in [1.165, 1.54) is 0 Å². The van der Waals surface area contributed by atoms with Gasteiger partial charge in [0, 0.05) is 26.2 Å². The fourth-order valence-corrected chi connectivity index (χ4v) is 2.85. The first kappa shape index (κ1) is 22.2. The number of amides is 1. The molecule has 26 heavy (non-hydrogen) atoms. The fourth-order valence-electron chi connectivity index (χ4n) is 2.42. The summed E-state index contributed by atoms with van der Waals surface area (Å²) in [5.41, 5.74) is 0.277. The molecule has 1 amide bonds. The van der Waals surface area contributed by atoms with Crippen LogP contribution in [0, 0.1) is 0 Å². The molecule has 1 fully saturated rings. The van der Waals surface area contributed by atoms with Crippen molar-refractivity contribution in [1.82, 2.24) is 4.90 Å². The first-order valence-electron chi connectivity index (χ1n) is 7.97. The van der Waals surface area contributed by atoms with Crippen molar-refractivity contribution < 1.29 is 24.2 Å². The van der Waals surface area contributed by atoms with Crippen LogP contribution in [0.2, 0.25) is 10.0 Å². The van der Waals surface area contributed by atoms with Crippen LogP contribution < -0.4 is 9.64 Å². The van der Waals surface area contributed by atoms with Gasteiger partial charge in [0.15, 0.2) is 0 Å². The largest absolute Gasteiger partial charge is 0.495 e. The van der Waals surface area contributed by atoms with Gasteiger partial charge in [-0.2, -0.15) is 0 Å². The third-order valence-corrected chi connectivity index (χ3v) is 4.29. The van der Waals surface area contributed by atoms with Crippen molar-refractivity contribution in [3.05, 3.63) is 22.2 Å². The molecule has 0 saturated carbocycles. The minimum atomic E-state index is -0.492. The summed E-state index contributed by atoms with van der Waals surface area (Å²) >= 11 is 12.5. The molecule has 0 bridgehead atoms. The summed E-state index contributed by atoms with van der Waals surface area (Å²) in [7, 11) is 1.60. The molecule has 1 aliphatic heterocycles. The molecule has 7 nitrogen and oxygen atoms in total. The molecule has 146 valence electrons. The Morgan fingerprint density at radius 3 is 2.19 bits per heavy atom. The van der Waals surface area contributed by atoms with Crippen molar-refractivity contribution in [2.45, 2.75) is 26.4 Å². The number of hydrogen-bond donors (Lipinski definition) is 1. The molecule has 1 N–H and O–H groups in total. The van der Waals surface area contributed by atoms with E-state index < -0.39 is 5.60 Å². The highest BCUT2D eigenvalue weighted by Gasteiger charge is 2.28. The van der Waals surface area contributed by atoms with Gasteiger partial charge in [0.1, 0.15) is 11.4 Å². The van der Waals surface area contributed by atoms with Gasteiger partial charge in [-0.25, -0.2) is 4.79 Å². The van der Waals surface area contributed by atoms with E-state index in [0.29, 0.717) is 42.0 Å². The molecule has 0 aliphatic carbocycles. The maximum atomic E-state index is 12.1. The summed E-state index contributed by atoms with van der Waals surface area (Å²) in [6.45, 7) is 7.71.